The third-order valence-corrected chi connectivity index (χ3v) is 8.00. The quantitative estimate of drug-likeness (QED) is 0.442. The lowest BCUT2D eigenvalue weighted by molar-refractivity contribution is 0.0703. The number of carbonyl (C=O) groups excluding carboxylic acids is 1. The first kappa shape index (κ1) is 17.7. The van der Waals surface area contributed by atoms with Gasteiger partial charge in [-0.15, -0.1) is 34.0 Å². The zero-order valence-electron chi connectivity index (χ0n) is 15.2. The van der Waals surface area contributed by atoms with E-state index in [9.17, 15) is 4.79 Å². The Morgan fingerprint density at radius 2 is 2.07 bits per heavy atom. The highest BCUT2D eigenvalue weighted by atomic mass is 32.1. The van der Waals surface area contributed by atoms with Crippen molar-refractivity contribution in [1.29, 1.82) is 0 Å². The summed E-state index contributed by atoms with van der Waals surface area (Å²) in [4.78, 5) is 27.9. The van der Waals surface area contributed by atoms with Crippen LogP contribution in [-0.4, -0.2) is 27.3 Å². The van der Waals surface area contributed by atoms with Gasteiger partial charge in [-0.3, -0.25) is 9.78 Å². The number of amides is 1. The summed E-state index contributed by atoms with van der Waals surface area (Å²) in [6.45, 7) is 2.64. The number of thiazole rings is 1. The first-order valence-corrected chi connectivity index (χ1v) is 11.6. The molecule has 28 heavy (non-hydrogen) atoms. The average molecular weight is 424 g/mol. The Labute approximate surface area is 175 Å². The molecule has 0 N–H and O–H groups in total. The molecule has 1 atom stereocenters. The first-order chi connectivity index (χ1) is 13.7. The van der Waals surface area contributed by atoms with E-state index in [2.05, 4.69) is 38.9 Å². The van der Waals surface area contributed by atoms with Crippen molar-refractivity contribution < 1.29 is 4.79 Å². The Bertz CT molecular complexity index is 1120. The zero-order chi connectivity index (χ0) is 19.1. The van der Waals surface area contributed by atoms with Gasteiger partial charge in [-0.1, -0.05) is 12.1 Å². The van der Waals surface area contributed by atoms with Crippen molar-refractivity contribution in [2.24, 2.45) is 0 Å². The number of fused-ring (bicyclic) bond motifs is 1. The summed E-state index contributed by atoms with van der Waals surface area (Å²) in [6.07, 6.45) is 2.66. The summed E-state index contributed by atoms with van der Waals surface area (Å²) in [5.41, 5.74) is 2.85. The molecule has 0 aliphatic carbocycles. The van der Waals surface area contributed by atoms with E-state index in [1.165, 1.54) is 26.7 Å². The zero-order valence-corrected chi connectivity index (χ0v) is 17.6. The van der Waals surface area contributed by atoms with Gasteiger partial charge in [0.25, 0.3) is 5.91 Å². The molecule has 7 heteroatoms. The van der Waals surface area contributed by atoms with Gasteiger partial charge in [-0.05, 0) is 53.9 Å². The number of hydrogen-bond donors (Lipinski definition) is 0. The average Bonchev–Trinajstić information content (AvgIpc) is 3.48. The molecule has 0 saturated heterocycles. The van der Waals surface area contributed by atoms with Gasteiger partial charge >= 0.3 is 0 Å². The standard InChI is InChI=1S/C21H17N3OS3/c1-13-19(28-20(23-13)15-5-2-3-9-22-15)21(25)24-10-7-16-14(8-12-27-16)18(24)17-6-4-11-26-17/h2-6,8-9,11-12,18H,7,10H2,1H3. The highest BCUT2D eigenvalue weighted by Gasteiger charge is 2.35. The third kappa shape index (κ3) is 2.99. The molecule has 4 aromatic heterocycles. The van der Waals surface area contributed by atoms with E-state index in [0.29, 0.717) is 4.88 Å². The fourth-order valence-electron chi connectivity index (χ4n) is 3.61. The van der Waals surface area contributed by atoms with Crippen LogP contribution in [0.1, 0.15) is 36.7 Å². The number of hydrogen-bond acceptors (Lipinski definition) is 6. The number of thiophene rings is 2. The molecule has 140 valence electrons. The lowest BCUT2D eigenvalue weighted by atomic mass is 9.98. The van der Waals surface area contributed by atoms with Crippen LogP contribution in [0.4, 0.5) is 0 Å². The number of rotatable bonds is 3. The molecule has 0 saturated carbocycles. The molecule has 0 radical (unpaired) electrons. The molecule has 0 bridgehead atoms. The maximum atomic E-state index is 13.6. The fraction of sp³-hybridized carbons (Fsp3) is 0.190. The highest BCUT2D eigenvalue weighted by molar-refractivity contribution is 7.17. The molecule has 1 amide bonds. The van der Waals surface area contributed by atoms with E-state index < -0.39 is 0 Å². The monoisotopic (exact) mass is 423 g/mol. The van der Waals surface area contributed by atoms with Gasteiger partial charge in [0.05, 0.1) is 17.4 Å². The summed E-state index contributed by atoms with van der Waals surface area (Å²) in [5.74, 6) is 0.0624. The normalized spacial score (nSPS) is 16.2. The molecular formula is C21H17N3OS3. The van der Waals surface area contributed by atoms with Crippen LogP contribution in [0.5, 0.6) is 0 Å². The largest absolute Gasteiger partial charge is 0.326 e. The lowest BCUT2D eigenvalue weighted by Gasteiger charge is -2.35. The molecule has 4 aromatic rings. The number of pyridine rings is 1. The molecule has 1 aliphatic rings. The van der Waals surface area contributed by atoms with Crippen LogP contribution in [0.15, 0.2) is 53.4 Å². The topological polar surface area (TPSA) is 46.1 Å². The summed E-state index contributed by atoms with van der Waals surface area (Å²) in [7, 11) is 0. The molecule has 1 unspecified atom stereocenters. The molecule has 0 fully saturated rings. The molecule has 1 aliphatic heterocycles. The minimum absolute atomic E-state index is 0.0118. The number of nitrogens with zero attached hydrogens (tertiary/aromatic N) is 3. The predicted octanol–water partition coefficient (Wildman–Crippen LogP) is 5.42. The Kier molecular flexibility index (Phi) is 4.58. The van der Waals surface area contributed by atoms with Gasteiger partial charge in [0, 0.05) is 22.5 Å². The fourth-order valence-corrected chi connectivity index (χ4v) is 6.37. The van der Waals surface area contributed by atoms with Crippen molar-refractivity contribution in [3.63, 3.8) is 0 Å². The molecule has 5 rings (SSSR count). The highest BCUT2D eigenvalue weighted by Crippen LogP contribution is 2.41. The Hall–Kier alpha value is -2.35. The maximum Gasteiger partial charge on any atom is 0.266 e. The van der Waals surface area contributed by atoms with Gasteiger partial charge in [0.1, 0.15) is 9.88 Å². The Morgan fingerprint density at radius 1 is 1.14 bits per heavy atom. The van der Waals surface area contributed by atoms with Crippen LogP contribution in [0.3, 0.4) is 0 Å². The van der Waals surface area contributed by atoms with Crippen LogP contribution in [0.2, 0.25) is 0 Å². The van der Waals surface area contributed by atoms with Crippen molar-refractivity contribution in [2.75, 3.05) is 6.54 Å². The van der Waals surface area contributed by atoms with E-state index >= 15 is 0 Å². The molecule has 0 spiro atoms. The maximum absolute atomic E-state index is 13.6. The minimum Gasteiger partial charge on any atom is -0.326 e. The van der Waals surface area contributed by atoms with E-state index in [1.807, 2.05) is 30.0 Å². The van der Waals surface area contributed by atoms with E-state index in [4.69, 9.17) is 0 Å². The van der Waals surface area contributed by atoms with E-state index in [0.717, 1.165) is 29.4 Å². The van der Waals surface area contributed by atoms with E-state index in [-0.39, 0.29) is 11.9 Å². The van der Waals surface area contributed by atoms with Gasteiger partial charge < -0.3 is 4.90 Å². The first-order valence-electron chi connectivity index (χ1n) is 9.02. The Balaban J connectivity index is 1.54. The van der Waals surface area contributed by atoms with Gasteiger partial charge in [0.2, 0.25) is 0 Å². The van der Waals surface area contributed by atoms with Crippen molar-refractivity contribution in [1.82, 2.24) is 14.9 Å². The second-order valence-electron chi connectivity index (χ2n) is 6.61. The summed E-state index contributed by atoms with van der Waals surface area (Å²) in [5, 5.41) is 5.01. The van der Waals surface area contributed by atoms with Crippen LogP contribution < -0.4 is 0 Å². The number of aromatic nitrogens is 2. The van der Waals surface area contributed by atoms with Gasteiger partial charge in [-0.25, -0.2) is 4.98 Å². The van der Waals surface area contributed by atoms with Crippen molar-refractivity contribution in [3.05, 3.63) is 79.2 Å². The van der Waals surface area contributed by atoms with Crippen LogP contribution >= 0.6 is 34.0 Å². The van der Waals surface area contributed by atoms with Crippen molar-refractivity contribution in [3.8, 4) is 10.7 Å². The van der Waals surface area contributed by atoms with Crippen molar-refractivity contribution >= 4 is 39.9 Å². The number of carbonyl (C=O) groups is 1. The van der Waals surface area contributed by atoms with Crippen LogP contribution in [-0.2, 0) is 6.42 Å². The van der Waals surface area contributed by atoms with Crippen LogP contribution in [0, 0.1) is 6.92 Å². The third-order valence-electron chi connectivity index (χ3n) is 4.91. The molecule has 0 aromatic carbocycles. The summed E-state index contributed by atoms with van der Waals surface area (Å²) in [6, 6.07) is 12.1. The lowest BCUT2D eigenvalue weighted by Crippen LogP contribution is -2.39. The molecule has 5 heterocycles. The minimum atomic E-state index is -0.0118. The molecular weight excluding hydrogens is 406 g/mol. The number of aryl methyl sites for hydroxylation is 1. The van der Waals surface area contributed by atoms with E-state index in [1.54, 1.807) is 28.9 Å². The molecule has 4 nitrogen and oxygen atoms in total. The Morgan fingerprint density at radius 3 is 2.86 bits per heavy atom. The SMILES string of the molecule is Cc1nc(-c2ccccn2)sc1C(=O)N1CCc2sccc2C1c1cccs1. The summed E-state index contributed by atoms with van der Waals surface area (Å²) < 4.78 is 0. The van der Waals surface area contributed by atoms with Gasteiger partial charge in [0.15, 0.2) is 0 Å². The second-order valence-corrected chi connectivity index (χ2v) is 9.59. The smallest absolute Gasteiger partial charge is 0.266 e. The second kappa shape index (κ2) is 7.24. The summed E-state index contributed by atoms with van der Waals surface area (Å²) >= 11 is 4.93. The van der Waals surface area contributed by atoms with Crippen molar-refractivity contribution in [2.45, 2.75) is 19.4 Å². The van der Waals surface area contributed by atoms with Crippen LogP contribution in [0.25, 0.3) is 10.7 Å². The predicted molar refractivity (Wildman–Crippen MR) is 115 cm³/mol. The van der Waals surface area contributed by atoms with Gasteiger partial charge in [-0.2, -0.15) is 0 Å².